The summed E-state index contributed by atoms with van der Waals surface area (Å²) in [5.74, 6) is 5.32. The number of hydrogen-bond donors (Lipinski definition) is 1. The van der Waals surface area contributed by atoms with Crippen LogP contribution in [0.25, 0.3) is 5.69 Å². The number of para-hydroxylation sites is 1. The molecule has 0 spiro atoms. The lowest BCUT2D eigenvalue weighted by molar-refractivity contribution is 0.926. The summed E-state index contributed by atoms with van der Waals surface area (Å²) in [5, 5.41) is 5.79. The Balaban J connectivity index is 2.68. The van der Waals surface area contributed by atoms with Crippen LogP contribution in [0, 0.1) is 6.92 Å². The quantitative estimate of drug-likeness (QED) is 0.558. The molecule has 1 heterocycles. The van der Waals surface area contributed by atoms with Crippen LogP contribution in [0.5, 0.6) is 0 Å². The maximum atomic E-state index is 5.32. The highest BCUT2D eigenvalue weighted by atomic mass is 32.1. The molecular formula is C10H11N3S. The third-order valence-electron chi connectivity index (χ3n) is 2.00. The van der Waals surface area contributed by atoms with Gasteiger partial charge in [0.1, 0.15) is 0 Å². The molecule has 2 N–H and O–H groups in total. The molecule has 0 radical (unpaired) electrons. The normalized spacial score (nSPS) is 11.9. The van der Waals surface area contributed by atoms with Crippen LogP contribution in [0.1, 0.15) is 5.69 Å². The molecule has 0 aliphatic rings. The third kappa shape index (κ3) is 1.44. The Morgan fingerprint density at radius 2 is 2.00 bits per heavy atom. The van der Waals surface area contributed by atoms with Crippen LogP contribution in [0.4, 0.5) is 0 Å². The van der Waals surface area contributed by atoms with Crippen molar-refractivity contribution in [3.05, 3.63) is 46.2 Å². The van der Waals surface area contributed by atoms with Gasteiger partial charge in [-0.3, -0.25) is 4.57 Å². The van der Waals surface area contributed by atoms with Gasteiger partial charge in [0.05, 0.1) is 0 Å². The van der Waals surface area contributed by atoms with Gasteiger partial charge in [0, 0.05) is 16.8 Å². The zero-order valence-electron chi connectivity index (χ0n) is 7.84. The van der Waals surface area contributed by atoms with Crippen LogP contribution in [0.15, 0.2) is 40.8 Å². The molecule has 1 aromatic carbocycles. The molecule has 0 unspecified atom stereocenters. The first-order valence-electron chi connectivity index (χ1n) is 4.29. The van der Waals surface area contributed by atoms with E-state index in [1.165, 1.54) is 0 Å². The van der Waals surface area contributed by atoms with Gasteiger partial charge >= 0.3 is 0 Å². The number of benzene rings is 1. The van der Waals surface area contributed by atoms with Crippen molar-refractivity contribution in [3.8, 4) is 5.69 Å². The van der Waals surface area contributed by atoms with E-state index in [9.17, 15) is 0 Å². The van der Waals surface area contributed by atoms with E-state index < -0.39 is 0 Å². The molecule has 4 heteroatoms. The number of aryl methyl sites for hydroxylation is 1. The molecule has 0 saturated heterocycles. The summed E-state index contributed by atoms with van der Waals surface area (Å²) >= 11 is 1.54. The van der Waals surface area contributed by atoms with E-state index >= 15 is 0 Å². The average Bonchev–Trinajstić information content (AvgIpc) is 2.61. The van der Waals surface area contributed by atoms with Gasteiger partial charge in [-0.25, -0.2) is 0 Å². The number of rotatable bonds is 1. The molecule has 14 heavy (non-hydrogen) atoms. The Kier molecular flexibility index (Phi) is 2.37. The Morgan fingerprint density at radius 3 is 2.64 bits per heavy atom. The van der Waals surface area contributed by atoms with Crippen molar-refractivity contribution in [2.45, 2.75) is 6.92 Å². The fourth-order valence-corrected chi connectivity index (χ4v) is 2.17. The smallest absolute Gasteiger partial charge is 0.212 e. The molecule has 0 bridgehead atoms. The highest BCUT2D eigenvalue weighted by molar-refractivity contribution is 7.07. The van der Waals surface area contributed by atoms with E-state index in [2.05, 4.69) is 5.10 Å². The average molecular weight is 205 g/mol. The zero-order chi connectivity index (χ0) is 9.97. The molecule has 0 amide bonds. The second kappa shape index (κ2) is 3.67. The van der Waals surface area contributed by atoms with E-state index in [0.29, 0.717) is 0 Å². The van der Waals surface area contributed by atoms with Gasteiger partial charge in [0.2, 0.25) is 4.80 Å². The Bertz CT molecular complexity index is 482. The molecule has 2 rings (SSSR count). The van der Waals surface area contributed by atoms with E-state index in [1.807, 2.05) is 47.2 Å². The molecule has 0 aliphatic carbocycles. The molecule has 0 saturated carbocycles. The van der Waals surface area contributed by atoms with Crippen LogP contribution in [0.3, 0.4) is 0 Å². The highest BCUT2D eigenvalue weighted by Crippen LogP contribution is 2.09. The number of hydrogen-bond acceptors (Lipinski definition) is 3. The molecule has 0 atom stereocenters. The Labute approximate surface area is 86.1 Å². The van der Waals surface area contributed by atoms with Crippen molar-refractivity contribution >= 4 is 11.3 Å². The number of nitrogens with two attached hydrogens (primary N) is 1. The van der Waals surface area contributed by atoms with Crippen molar-refractivity contribution in [1.82, 2.24) is 4.57 Å². The molecule has 0 aliphatic heterocycles. The largest absolute Gasteiger partial charge is 0.320 e. The summed E-state index contributed by atoms with van der Waals surface area (Å²) in [6.45, 7) is 2.04. The molecule has 2 aromatic rings. The fraction of sp³-hybridized carbons (Fsp3) is 0.100. The summed E-state index contributed by atoms with van der Waals surface area (Å²) < 4.78 is 2.03. The molecule has 1 aromatic heterocycles. The predicted octanol–water partition coefficient (Wildman–Crippen LogP) is 1.62. The maximum absolute atomic E-state index is 5.32. The van der Waals surface area contributed by atoms with Gasteiger partial charge in [-0.15, -0.1) is 11.3 Å². The Morgan fingerprint density at radius 1 is 1.29 bits per heavy atom. The van der Waals surface area contributed by atoms with Crippen molar-refractivity contribution in [3.63, 3.8) is 0 Å². The standard InChI is InChI=1S/C10H11N3S/c1-8-7-14-10(12-11)13(8)9-5-3-2-4-6-9/h2-7H,11H2,1H3/b12-10-. The minimum Gasteiger partial charge on any atom is -0.320 e. The van der Waals surface area contributed by atoms with E-state index in [4.69, 9.17) is 5.84 Å². The fourth-order valence-electron chi connectivity index (χ4n) is 1.37. The topological polar surface area (TPSA) is 43.3 Å². The number of nitrogens with zero attached hydrogens (tertiary/aromatic N) is 2. The lowest BCUT2D eigenvalue weighted by Crippen LogP contribution is -2.15. The summed E-state index contributed by atoms with van der Waals surface area (Å²) in [6, 6.07) is 10.1. The summed E-state index contributed by atoms with van der Waals surface area (Å²) in [5.41, 5.74) is 2.24. The van der Waals surface area contributed by atoms with E-state index in [1.54, 1.807) is 11.3 Å². The molecular weight excluding hydrogens is 194 g/mol. The summed E-state index contributed by atoms with van der Waals surface area (Å²) in [4.78, 5) is 0.814. The second-order valence-electron chi connectivity index (χ2n) is 2.96. The van der Waals surface area contributed by atoms with Crippen molar-refractivity contribution < 1.29 is 0 Å². The van der Waals surface area contributed by atoms with Gasteiger partial charge in [0.25, 0.3) is 0 Å². The van der Waals surface area contributed by atoms with Gasteiger partial charge in [-0.1, -0.05) is 18.2 Å². The first-order valence-corrected chi connectivity index (χ1v) is 5.17. The van der Waals surface area contributed by atoms with Gasteiger partial charge in [-0.05, 0) is 19.1 Å². The number of aromatic nitrogens is 1. The van der Waals surface area contributed by atoms with Crippen molar-refractivity contribution in [2.75, 3.05) is 0 Å². The highest BCUT2D eigenvalue weighted by Gasteiger charge is 2.02. The molecule has 72 valence electrons. The van der Waals surface area contributed by atoms with E-state index in [0.717, 1.165) is 16.2 Å². The van der Waals surface area contributed by atoms with Crippen LogP contribution >= 0.6 is 11.3 Å². The van der Waals surface area contributed by atoms with Gasteiger partial charge in [-0.2, -0.15) is 5.10 Å². The predicted molar refractivity (Wildman–Crippen MR) is 58.1 cm³/mol. The first-order chi connectivity index (χ1) is 6.83. The minimum absolute atomic E-state index is 0.814. The molecule has 3 nitrogen and oxygen atoms in total. The number of thiazole rings is 1. The second-order valence-corrected chi connectivity index (χ2v) is 3.80. The van der Waals surface area contributed by atoms with Crippen LogP contribution < -0.4 is 10.6 Å². The monoisotopic (exact) mass is 205 g/mol. The minimum atomic E-state index is 0.814. The van der Waals surface area contributed by atoms with Gasteiger partial charge < -0.3 is 5.84 Å². The van der Waals surface area contributed by atoms with Crippen LogP contribution in [0.2, 0.25) is 0 Å². The third-order valence-corrected chi connectivity index (χ3v) is 2.96. The van der Waals surface area contributed by atoms with Gasteiger partial charge in [0.15, 0.2) is 0 Å². The molecule has 0 fully saturated rings. The van der Waals surface area contributed by atoms with Crippen LogP contribution in [-0.4, -0.2) is 4.57 Å². The van der Waals surface area contributed by atoms with Crippen molar-refractivity contribution in [1.29, 1.82) is 0 Å². The van der Waals surface area contributed by atoms with Crippen molar-refractivity contribution in [2.24, 2.45) is 10.9 Å². The maximum Gasteiger partial charge on any atom is 0.212 e. The SMILES string of the molecule is Cc1cs/c(=N\N)n1-c1ccccc1. The Hall–Kier alpha value is -1.55. The lowest BCUT2D eigenvalue weighted by atomic mass is 10.3. The zero-order valence-corrected chi connectivity index (χ0v) is 8.66. The van der Waals surface area contributed by atoms with Crippen LogP contribution in [-0.2, 0) is 0 Å². The first kappa shape index (κ1) is 9.02. The van der Waals surface area contributed by atoms with E-state index in [-0.39, 0.29) is 0 Å². The lowest BCUT2D eigenvalue weighted by Gasteiger charge is -2.04. The summed E-state index contributed by atoms with van der Waals surface area (Å²) in [6.07, 6.45) is 0. The summed E-state index contributed by atoms with van der Waals surface area (Å²) in [7, 11) is 0.